The van der Waals surface area contributed by atoms with Gasteiger partial charge in [-0.15, -0.1) is 0 Å². The highest BCUT2D eigenvalue weighted by Gasteiger charge is 2.19. The maximum Gasteiger partial charge on any atom is 0.191 e. The summed E-state index contributed by atoms with van der Waals surface area (Å²) >= 11 is 0. The van der Waals surface area contributed by atoms with Crippen LogP contribution >= 0.6 is 0 Å². The fourth-order valence-corrected chi connectivity index (χ4v) is 3.75. The number of ether oxygens (including phenoxy) is 2. The van der Waals surface area contributed by atoms with Gasteiger partial charge in [0.05, 0.1) is 13.7 Å². The predicted molar refractivity (Wildman–Crippen MR) is 126 cm³/mol. The van der Waals surface area contributed by atoms with Crippen molar-refractivity contribution in [2.24, 2.45) is 4.99 Å². The maximum atomic E-state index is 5.68. The van der Waals surface area contributed by atoms with E-state index in [0.29, 0.717) is 12.6 Å². The van der Waals surface area contributed by atoms with E-state index in [1.165, 1.54) is 11.1 Å². The summed E-state index contributed by atoms with van der Waals surface area (Å²) in [6.07, 6.45) is 4.24. The summed E-state index contributed by atoms with van der Waals surface area (Å²) in [6.45, 7) is 15.8. The molecule has 0 radical (unpaired) electrons. The van der Waals surface area contributed by atoms with Crippen LogP contribution in [0.5, 0.6) is 11.5 Å². The van der Waals surface area contributed by atoms with E-state index in [0.717, 1.165) is 75.9 Å². The van der Waals surface area contributed by atoms with Crippen LogP contribution in [0.15, 0.2) is 35.3 Å². The lowest BCUT2D eigenvalue weighted by Crippen LogP contribution is -2.48. The highest BCUT2D eigenvalue weighted by atomic mass is 16.5. The lowest BCUT2D eigenvalue weighted by Gasteiger charge is -2.33. The first-order valence-electron chi connectivity index (χ1n) is 11.3. The smallest absolute Gasteiger partial charge is 0.191 e. The van der Waals surface area contributed by atoms with Crippen molar-refractivity contribution in [2.75, 3.05) is 46.4 Å². The number of piperidine rings is 1. The zero-order chi connectivity index (χ0) is 21.8. The van der Waals surface area contributed by atoms with Crippen molar-refractivity contribution in [1.82, 2.24) is 15.5 Å². The van der Waals surface area contributed by atoms with Crippen LogP contribution in [0, 0.1) is 0 Å². The average Bonchev–Trinajstić information content (AvgIpc) is 2.73. The van der Waals surface area contributed by atoms with Crippen LogP contribution < -0.4 is 20.1 Å². The fourth-order valence-electron chi connectivity index (χ4n) is 3.75. The molecule has 1 saturated heterocycles. The van der Waals surface area contributed by atoms with Gasteiger partial charge in [-0.1, -0.05) is 18.2 Å². The van der Waals surface area contributed by atoms with Crippen LogP contribution in [-0.4, -0.2) is 63.3 Å². The van der Waals surface area contributed by atoms with Crippen LogP contribution in [-0.2, 0) is 6.42 Å². The normalized spacial score (nSPS) is 15.7. The van der Waals surface area contributed by atoms with Crippen molar-refractivity contribution in [3.8, 4) is 11.5 Å². The molecule has 1 aliphatic rings. The molecular weight excluding hydrogens is 376 g/mol. The van der Waals surface area contributed by atoms with Crippen molar-refractivity contribution in [3.63, 3.8) is 0 Å². The zero-order valence-electron chi connectivity index (χ0n) is 19.3. The van der Waals surface area contributed by atoms with Gasteiger partial charge in [0.1, 0.15) is 0 Å². The molecule has 0 amide bonds. The number of benzene rings is 1. The minimum atomic E-state index is 0.486. The van der Waals surface area contributed by atoms with E-state index in [9.17, 15) is 0 Å². The molecule has 0 atom stereocenters. The van der Waals surface area contributed by atoms with E-state index in [1.807, 2.05) is 13.0 Å². The Hall–Kier alpha value is -2.21. The van der Waals surface area contributed by atoms with Crippen molar-refractivity contribution >= 4 is 5.96 Å². The fraction of sp³-hybridized carbons (Fsp3) is 0.625. The molecule has 6 heteroatoms. The molecule has 0 aromatic heterocycles. The molecule has 1 heterocycles. The molecule has 30 heavy (non-hydrogen) atoms. The second-order valence-electron chi connectivity index (χ2n) is 7.93. The van der Waals surface area contributed by atoms with Crippen LogP contribution in [0.4, 0.5) is 0 Å². The van der Waals surface area contributed by atoms with E-state index in [1.54, 1.807) is 7.11 Å². The number of likely N-dealkylation sites (tertiary alicyclic amines) is 1. The Morgan fingerprint density at radius 1 is 1.23 bits per heavy atom. The van der Waals surface area contributed by atoms with Crippen molar-refractivity contribution in [3.05, 3.63) is 35.9 Å². The molecule has 2 N–H and O–H groups in total. The minimum Gasteiger partial charge on any atom is -0.493 e. The summed E-state index contributed by atoms with van der Waals surface area (Å²) in [4.78, 5) is 7.28. The number of rotatable bonds is 11. The maximum absolute atomic E-state index is 5.68. The Morgan fingerprint density at radius 2 is 2.00 bits per heavy atom. The molecule has 2 rings (SSSR count). The lowest BCUT2D eigenvalue weighted by atomic mass is 10.0. The average molecular weight is 417 g/mol. The van der Waals surface area contributed by atoms with Crippen LogP contribution in [0.25, 0.3) is 0 Å². The SMILES string of the molecule is C=C(C)CN1CCC(NC(=NCCCc2ccc(OC)c(OCC)c2)NCC)CC1. The van der Waals surface area contributed by atoms with Crippen molar-refractivity contribution < 1.29 is 9.47 Å². The summed E-state index contributed by atoms with van der Waals surface area (Å²) in [6, 6.07) is 6.65. The number of nitrogens with zero attached hydrogens (tertiary/aromatic N) is 2. The number of aryl methyl sites for hydroxylation is 1. The third-order valence-electron chi connectivity index (χ3n) is 5.19. The van der Waals surface area contributed by atoms with Gasteiger partial charge in [0.25, 0.3) is 0 Å². The third-order valence-corrected chi connectivity index (χ3v) is 5.19. The first-order chi connectivity index (χ1) is 14.5. The molecule has 0 spiro atoms. The minimum absolute atomic E-state index is 0.486. The molecule has 168 valence electrons. The van der Waals surface area contributed by atoms with E-state index in [-0.39, 0.29) is 0 Å². The van der Waals surface area contributed by atoms with Gasteiger partial charge in [0.2, 0.25) is 0 Å². The van der Waals surface area contributed by atoms with Gasteiger partial charge in [-0.3, -0.25) is 9.89 Å². The number of methoxy groups -OCH3 is 1. The van der Waals surface area contributed by atoms with Gasteiger partial charge in [-0.05, 0) is 64.2 Å². The number of aliphatic imine (C=N–C) groups is 1. The van der Waals surface area contributed by atoms with Crippen molar-refractivity contribution in [1.29, 1.82) is 0 Å². The monoisotopic (exact) mass is 416 g/mol. The first-order valence-corrected chi connectivity index (χ1v) is 11.3. The molecule has 1 fully saturated rings. The largest absolute Gasteiger partial charge is 0.493 e. The molecule has 0 unspecified atom stereocenters. The zero-order valence-corrected chi connectivity index (χ0v) is 19.3. The molecule has 0 saturated carbocycles. The first kappa shape index (κ1) is 24.1. The summed E-state index contributed by atoms with van der Waals surface area (Å²) in [5.41, 5.74) is 2.49. The second kappa shape index (κ2) is 13.2. The van der Waals surface area contributed by atoms with Gasteiger partial charge >= 0.3 is 0 Å². The summed E-state index contributed by atoms with van der Waals surface area (Å²) in [7, 11) is 1.67. The Kier molecular flexibility index (Phi) is 10.6. The van der Waals surface area contributed by atoms with Crippen LogP contribution in [0.2, 0.25) is 0 Å². The summed E-state index contributed by atoms with van der Waals surface area (Å²) in [5.74, 6) is 2.53. The van der Waals surface area contributed by atoms with E-state index in [4.69, 9.17) is 14.5 Å². The van der Waals surface area contributed by atoms with Crippen LogP contribution in [0.3, 0.4) is 0 Å². The number of hydrogen-bond donors (Lipinski definition) is 2. The van der Waals surface area contributed by atoms with Crippen LogP contribution in [0.1, 0.15) is 45.6 Å². The number of hydrogen-bond acceptors (Lipinski definition) is 4. The molecular formula is C24H40N4O2. The Bertz CT molecular complexity index is 682. The molecule has 6 nitrogen and oxygen atoms in total. The standard InChI is InChI=1S/C24H40N4O2/c1-6-25-24(27-21-12-15-28(16-13-21)18-19(3)4)26-14-8-9-20-10-11-22(29-5)23(17-20)30-7-2/h10-11,17,21H,3,6-9,12-16,18H2,1-2,4-5H3,(H2,25,26,27). The lowest BCUT2D eigenvalue weighted by molar-refractivity contribution is 0.221. The Labute approximate surface area is 182 Å². The second-order valence-corrected chi connectivity index (χ2v) is 7.93. The van der Waals surface area contributed by atoms with E-state index in [2.05, 4.69) is 48.1 Å². The summed E-state index contributed by atoms with van der Waals surface area (Å²) in [5, 5.41) is 7.01. The molecule has 0 bridgehead atoms. The van der Waals surface area contributed by atoms with Gasteiger partial charge in [-0.2, -0.15) is 0 Å². The molecule has 1 aromatic carbocycles. The molecule has 1 aromatic rings. The van der Waals surface area contributed by atoms with Gasteiger partial charge in [-0.25, -0.2) is 0 Å². The quantitative estimate of drug-likeness (QED) is 0.250. The Balaban J connectivity index is 1.81. The number of guanidine groups is 1. The summed E-state index contributed by atoms with van der Waals surface area (Å²) < 4.78 is 11.0. The topological polar surface area (TPSA) is 58.1 Å². The third kappa shape index (κ3) is 8.27. The van der Waals surface area contributed by atoms with Crippen molar-refractivity contribution in [2.45, 2.75) is 52.5 Å². The predicted octanol–water partition coefficient (Wildman–Crippen LogP) is 3.62. The van der Waals surface area contributed by atoms with E-state index < -0.39 is 0 Å². The highest BCUT2D eigenvalue weighted by molar-refractivity contribution is 5.80. The highest BCUT2D eigenvalue weighted by Crippen LogP contribution is 2.28. The van der Waals surface area contributed by atoms with Gasteiger partial charge in [0, 0.05) is 38.8 Å². The number of nitrogens with one attached hydrogen (secondary N) is 2. The van der Waals surface area contributed by atoms with Gasteiger partial charge in [0.15, 0.2) is 17.5 Å². The Morgan fingerprint density at radius 3 is 2.63 bits per heavy atom. The van der Waals surface area contributed by atoms with E-state index >= 15 is 0 Å². The molecule has 0 aliphatic carbocycles. The molecule has 1 aliphatic heterocycles. The van der Waals surface area contributed by atoms with Gasteiger partial charge < -0.3 is 20.1 Å².